The van der Waals surface area contributed by atoms with Crippen molar-refractivity contribution >= 4 is 40.7 Å². The number of nitrogens with two attached hydrogens (primary N) is 1. The number of nitrogens with zero attached hydrogens (tertiary/aromatic N) is 5. The van der Waals surface area contributed by atoms with Gasteiger partial charge in [-0.05, 0) is 49.4 Å². The molecule has 4 aromatic rings. The van der Waals surface area contributed by atoms with E-state index in [1.807, 2.05) is 48.5 Å². The highest BCUT2D eigenvalue weighted by atomic mass is 16.2. The Balaban J connectivity index is 1.59. The Morgan fingerprint density at radius 2 is 1.90 bits per heavy atom. The summed E-state index contributed by atoms with van der Waals surface area (Å²) in [5, 5.41) is 7.66. The molecule has 1 amide bonds. The van der Waals surface area contributed by atoms with Crippen LogP contribution in [0.15, 0.2) is 77.0 Å². The van der Waals surface area contributed by atoms with Crippen LogP contribution in [0.25, 0.3) is 22.7 Å². The number of hydrogen-bond donors (Lipinski definition) is 2. The van der Waals surface area contributed by atoms with Crippen LogP contribution in [-0.4, -0.2) is 31.5 Å². The number of aryl methyl sites for hydroxylation is 1. The molecule has 0 saturated heterocycles. The zero-order valence-corrected chi connectivity index (χ0v) is 23.5. The van der Waals surface area contributed by atoms with Crippen molar-refractivity contribution in [3.8, 4) is 5.69 Å². The number of para-hydroxylation sites is 1. The van der Waals surface area contributed by atoms with Crippen LogP contribution < -0.4 is 16.6 Å². The molecule has 1 unspecified atom stereocenters. The maximum Gasteiger partial charge on any atom is 0.266 e. The number of rotatable bonds is 8. The summed E-state index contributed by atoms with van der Waals surface area (Å²) in [6.45, 7) is 5.42. The average Bonchev–Trinajstić information content (AvgIpc) is 3.27. The fourth-order valence-electron chi connectivity index (χ4n) is 5.45. The number of carbonyl (C=O) groups excluding carboxylic acids is 1. The molecule has 1 saturated carbocycles. The summed E-state index contributed by atoms with van der Waals surface area (Å²) < 4.78 is 3.01. The van der Waals surface area contributed by atoms with Gasteiger partial charge in [-0.25, -0.2) is 14.7 Å². The highest BCUT2D eigenvalue weighted by molar-refractivity contribution is 6.03. The Morgan fingerprint density at radius 3 is 2.63 bits per heavy atom. The van der Waals surface area contributed by atoms with Crippen LogP contribution in [-0.2, 0) is 7.05 Å². The number of nitrogen functional groups attached to an aromatic ring is 1. The SMILES string of the molecule is C=C/C=N\c1c(C(=O)NC(C)c2nc3cccc(/C=C/C4CCCCC4)c3c(=O)n2-c2ccccc2)c(N)nn1C. The number of hydrogen-bond acceptors (Lipinski definition) is 6. The minimum Gasteiger partial charge on any atom is -0.381 e. The molecule has 9 heteroatoms. The molecular weight excluding hydrogens is 514 g/mol. The van der Waals surface area contributed by atoms with Crippen LogP contribution in [0.1, 0.15) is 66.8 Å². The molecule has 2 aromatic heterocycles. The van der Waals surface area contributed by atoms with E-state index in [0.717, 1.165) is 5.56 Å². The van der Waals surface area contributed by atoms with Gasteiger partial charge in [-0.2, -0.15) is 5.10 Å². The smallest absolute Gasteiger partial charge is 0.266 e. The largest absolute Gasteiger partial charge is 0.381 e. The summed E-state index contributed by atoms with van der Waals surface area (Å²) >= 11 is 0. The predicted molar refractivity (Wildman–Crippen MR) is 165 cm³/mol. The van der Waals surface area contributed by atoms with E-state index in [1.165, 1.54) is 49.1 Å². The second kappa shape index (κ2) is 12.2. The third kappa shape index (κ3) is 5.75. The molecule has 0 aliphatic heterocycles. The summed E-state index contributed by atoms with van der Waals surface area (Å²) in [5.74, 6) is 0.799. The van der Waals surface area contributed by atoms with E-state index < -0.39 is 11.9 Å². The second-order valence-corrected chi connectivity index (χ2v) is 10.4. The molecule has 210 valence electrons. The van der Waals surface area contributed by atoms with Gasteiger partial charge in [0.15, 0.2) is 11.6 Å². The zero-order valence-electron chi connectivity index (χ0n) is 23.5. The third-order valence-corrected chi connectivity index (χ3v) is 7.48. The Labute approximate surface area is 239 Å². The molecule has 2 heterocycles. The summed E-state index contributed by atoms with van der Waals surface area (Å²) in [6.07, 6.45) is 13.4. The Morgan fingerprint density at radius 1 is 1.15 bits per heavy atom. The van der Waals surface area contributed by atoms with Crippen LogP contribution in [0.4, 0.5) is 11.6 Å². The first-order chi connectivity index (χ1) is 19.9. The van der Waals surface area contributed by atoms with Gasteiger partial charge in [-0.15, -0.1) is 0 Å². The number of amides is 1. The number of nitrogens with one attached hydrogen (secondary N) is 1. The summed E-state index contributed by atoms with van der Waals surface area (Å²) in [4.78, 5) is 36.9. The first-order valence-corrected chi connectivity index (χ1v) is 14.0. The van der Waals surface area contributed by atoms with Gasteiger partial charge < -0.3 is 11.1 Å². The van der Waals surface area contributed by atoms with Crippen molar-refractivity contribution in [2.24, 2.45) is 18.0 Å². The van der Waals surface area contributed by atoms with Gasteiger partial charge in [0.05, 0.1) is 22.6 Å². The lowest BCUT2D eigenvalue weighted by Crippen LogP contribution is -2.33. The van der Waals surface area contributed by atoms with Crippen LogP contribution in [0.3, 0.4) is 0 Å². The van der Waals surface area contributed by atoms with E-state index in [2.05, 4.69) is 34.1 Å². The third-order valence-electron chi connectivity index (χ3n) is 7.48. The predicted octanol–water partition coefficient (Wildman–Crippen LogP) is 5.67. The van der Waals surface area contributed by atoms with E-state index in [-0.39, 0.29) is 16.9 Å². The number of benzene rings is 2. The first-order valence-electron chi connectivity index (χ1n) is 14.0. The van der Waals surface area contributed by atoms with Gasteiger partial charge >= 0.3 is 0 Å². The molecule has 1 fully saturated rings. The van der Waals surface area contributed by atoms with Crippen LogP contribution in [0, 0.1) is 5.92 Å². The first kappa shape index (κ1) is 27.8. The Hall–Kier alpha value is -4.79. The van der Waals surface area contributed by atoms with Gasteiger partial charge in [-0.3, -0.25) is 14.2 Å². The molecule has 9 nitrogen and oxygen atoms in total. The quantitative estimate of drug-likeness (QED) is 0.274. The number of fused-ring (bicyclic) bond motifs is 1. The fraction of sp³-hybridized carbons (Fsp3) is 0.281. The number of aromatic nitrogens is 4. The Bertz CT molecular complexity index is 1690. The molecule has 1 aliphatic carbocycles. The number of aliphatic imine (C=N–C) groups is 1. The van der Waals surface area contributed by atoms with Crippen LogP contribution in [0.5, 0.6) is 0 Å². The molecule has 1 atom stereocenters. The van der Waals surface area contributed by atoms with Crippen molar-refractivity contribution in [2.45, 2.75) is 45.1 Å². The van der Waals surface area contributed by atoms with Crippen molar-refractivity contribution in [3.63, 3.8) is 0 Å². The topological polar surface area (TPSA) is 120 Å². The van der Waals surface area contributed by atoms with E-state index in [1.54, 1.807) is 18.5 Å². The van der Waals surface area contributed by atoms with Gasteiger partial charge in [0, 0.05) is 13.3 Å². The lowest BCUT2D eigenvalue weighted by molar-refractivity contribution is 0.0939. The van der Waals surface area contributed by atoms with Crippen molar-refractivity contribution in [1.82, 2.24) is 24.6 Å². The lowest BCUT2D eigenvalue weighted by atomic mass is 9.88. The molecule has 0 bridgehead atoms. The van der Waals surface area contributed by atoms with Crippen molar-refractivity contribution in [2.75, 3.05) is 5.73 Å². The number of allylic oxidation sites excluding steroid dienone is 2. The van der Waals surface area contributed by atoms with E-state index in [0.29, 0.717) is 34.2 Å². The summed E-state index contributed by atoms with van der Waals surface area (Å²) in [5.41, 5.74) is 8.09. The Kier molecular flexibility index (Phi) is 8.24. The molecule has 0 radical (unpaired) electrons. The minimum atomic E-state index is -0.655. The lowest BCUT2D eigenvalue weighted by Gasteiger charge is -2.20. The maximum atomic E-state index is 14.2. The monoisotopic (exact) mass is 549 g/mol. The highest BCUT2D eigenvalue weighted by Crippen LogP contribution is 2.28. The van der Waals surface area contributed by atoms with Crippen molar-refractivity contribution < 1.29 is 4.79 Å². The minimum absolute atomic E-state index is 0.0507. The van der Waals surface area contributed by atoms with Gasteiger partial charge in [-0.1, -0.05) is 74.4 Å². The highest BCUT2D eigenvalue weighted by Gasteiger charge is 2.25. The van der Waals surface area contributed by atoms with Gasteiger partial charge in [0.1, 0.15) is 11.4 Å². The van der Waals surface area contributed by atoms with Gasteiger partial charge in [0.25, 0.3) is 11.5 Å². The average molecular weight is 550 g/mol. The summed E-state index contributed by atoms with van der Waals surface area (Å²) in [7, 11) is 1.66. The molecule has 5 rings (SSSR count). The molecule has 41 heavy (non-hydrogen) atoms. The second-order valence-electron chi connectivity index (χ2n) is 10.4. The maximum absolute atomic E-state index is 14.2. The molecule has 0 spiro atoms. The number of carbonyl (C=O) groups is 1. The summed E-state index contributed by atoms with van der Waals surface area (Å²) in [6, 6.07) is 14.4. The van der Waals surface area contributed by atoms with Crippen LogP contribution >= 0.6 is 0 Å². The van der Waals surface area contributed by atoms with Gasteiger partial charge in [0.2, 0.25) is 0 Å². The number of anilines is 1. The van der Waals surface area contributed by atoms with Crippen molar-refractivity contribution in [1.29, 1.82) is 0 Å². The zero-order chi connectivity index (χ0) is 28.9. The van der Waals surface area contributed by atoms with Crippen molar-refractivity contribution in [3.05, 3.63) is 94.6 Å². The molecule has 2 aromatic carbocycles. The molecule has 1 aliphatic rings. The molecule has 3 N–H and O–H groups in total. The van der Waals surface area contributed by atoms with E-state index in [9.17, 15) is 9.59 Å². The standard InChI is InChI=1S/C32H35N7O2/c1-4-20-34-30-27(28(33)37-38(30)3)31(40)35-21(2)29-36-25-17-11-14-23(19-18-22-12-7-5-8-13-22)26(25)32(41)39(29)24-15-9-6-10-16-24/h4,6,9-11,14-22H,1,5,7-8,12-13H2,2-3H3,(H2,33,37)(H,35,40)/b19-18+,34-20-. The van der Waals surface area contributed by atoms with Crippen LogP contribution in [0.2, 0.25) is 0 Å². The fourth-order valence-corrected chi connectivity index (χ4v) is 5.45. The molecular formula is C32H35N7O2. The van der Waals surface area contributed by atoms with E-state index >= 15 is 0 Å². The van der Waals surface area contributed by atoms with E-state index in [4.69, 9.17) is 10.7 Å². The normalized spacial score (nSPS) is 15.1.